The van der Waals surface area contributed by atoms with E-state index in [2.05, 4.69) is 115 Å². The van der Waals surface area contributed by atoms with Crippen molar-refractivity contribution < 1.29 is 48.6 Å². The van der Waals surface area contributed by atoms with E-state index in [0.29, 0.717) is 5.56 Å². The van der Waals surface area contributed by atoms with Gasteiger partial charge in [0.25, 0.3) is 16.0 Å². The van der Waals surface area contributed by atoms with Crippen LogP contribution in [0.4, 0.5) is 8.78 Å². The summed E-state index contributed by atoms with van der Waals surface area (Å²) in [5.74, 6) is -5.64. The molecule has 73 heavy (non-hydrogen) atoms. The van der Waals surface area contributed by atoms with Gasteiger partial charge in [-0.25, -0.2) is 8.78 Å². The molecule has 1 aliphatic rings. The first kappa shape index (κ1) is 59.5. The van der Waals surface area contributed by atoms with Gasteiger partial charge in [0.15, 0.2) is 26.7 Å². The van der Waals surface area contributed by atoms with Crippen molar-refractivity contribution in [2.75, 3.05) is 18.1 Å². The minimum atomic E-state index is -5.02. The lowest BCUT2D eigenvalue weighted by Gasteiger charge is -2.22. The summed E-state index contributed by atoms with van der Waals surface area (Å²) in [4.78, 5) is 4.08. The summed E-state index contributed by atoms with van der Waals surface area (Å²) in [5, 5.41) is 0. The van der Waals surface area contributed by atoms with Crippen LogP contribution in [0.5, 0.6) is 17.2 Å². The Labute approximate surface area is 435 Å². The van der Waals surface area contributed by atoms with Gasteiger partial charge in [-0.3, -0.25) is 4.55 Å². The number of hydrogen-bond acceptors (Lipinski definition) is 8. The van der Waals surface area contributed by atoms with E-state index in [1.807, 2.05) is 88.4 Å². The Hall–Kier alpha value is -6.03. The van der Waals surface area contributed by atoms with Crippen LogP contribution in [0, 0.1) is 5.92 Å². The van der Waals surface area contributed by atoms with Crippen molar-refractivity contribution in [3.8, 4) is 17.2 Å². The molecule has 6 aromatic rings. The Morgan fingerprint density at radius 3 is 1.38 bits per heavy atom. The maximum atomic E-state index is 13.2. The number of ether oxygens (including phenoxy) is 3. The quantitative estimate of drug-likeness (QED) is 0.0365. The lowest BCUT2D eigenvalue weighted by atomic mass is 9.87. The van der Waals surface area contributed by atoms with E-state index in [-0.39, 0.29) is 28.5 Å². The van der Waals surface area contributed by atoms with Crippen LogP contribution in [0.3, 0.4) is 0 Å². The van der Waals surface area contributed by atoms with Crippen molar-refractivity contribution in [2.24, 2.45) is 5.92 Å². The minimum Gasteiger partial charge on any atom is -0.488 e. The van der Waals surface area contributed by atoms with Crippen molar-refractivity contribution in [2.45, 2.75) is 98.7 Å². The van der Waals surface area contributed by atoms with Gasteiger partial charge >= 0.3 is 10.1 Å². The van der Waals surface area contributed by atoms with E-state index in [9.17, 15) is 25.6 Å². The maximum absolute atomic E-state index is 13.2. The van der Waals surface area contributed by atoms with Crippen molar-refractivity contribution in [3.63, 3.8) is 0 Å². The smallest absolute Gasteiger partial charge is 0.315 e. The third-order valence-corrected chi connectivity index (χ3v) is 14.9. The normalized spacial score (nSPS) is 13.3. The third-order valence-electron chi connectivity index (χ3n) is 10.6. The van der Waals surface area contributed by atoms with E-state index >= 15 is 0 Å². The molecule has 0 radical (unpaired) electrons. The Bertz CT molecular complexity index is 2670. The van der Waals surface area contributed by atoms with Crippen molar-refractivity contribution in [3.05, 3.63) is 200 Å². The number of benzene rings is 6. The molecule has 390 valence electrons. The van der Waals surface area contributed by atoms with Crippen LogP contribution in [0.15, 0.2) is 198 Å². The Kier molecular flexibility index (Phi) is 24.2. The Balaban J connectivity index is 0.000000214. The van der Waals surface area contributed by atoms with Gasteiger partial charge in [0.1, 0.15) is 28.6 Å². The molecule has 0 aromatic heterocycles. The average Bonchev–Trinajstić information content (AvgIpc) is 3.35. The number of alkyl halides is 2. The molecule has 0 bridgehead atoms. The predicted molar refractivity (Wildman–Crippen MR) is 294 cm³/mol. The fourth-order valence-electron chi connectivity index (χ4n) is 7.29. The standard InChI is InChI=1S/C18H26O2.C18H15S.C12H16O.C11H12F2O6S2/c1-3-16-9-11-18(12-10-16)20-15(2)19-14-13-17-7-5-4-6-8-17;1-4-10-16(11-5-1)19(17-12-6-2-7-13-17)18-14-8-3-9-15-18;1-5-10-6-8-11(9-7-10)13-12(2,3)4;1-2-9-3-5-10(6-4-9)19-21(17,18)8-11(12,13)7-20(14,15)16/h3,9-12,15,17H,1,4-8,13-14H2,2H3;1-15H;5-9H,1H2,2-4H3;2-6H,1,7-8H2,(H,14,15,16)/q;+1;;. The molecule has 1 N–H and O–H groups in total. The summed E-state index contributed by atoms with van der Waals surface area (Å²) in [7, 11) is -9.77. The second kappa shape index (κ2) is 29.6. The van der Waals surface area contributed by atoms with Crippen LogP contribution in [0.2, 0.25) is 0 Å². The molecule has 1 aliphatic carbocycles. The summed E-state index contributed by atoms with van der Waals surface area (Å²) < 4.78 is 100. The van der Waals surface area contributed by atoms with Crippen LogP contribution in [0.25, 0.3) is 18.2 Å². The summed E-state index contributed by atoms with van der Waals surface area (Å²) in [6.07, 6.45) is 13.1. The summed E-state index contributed by atoms with van der Waals surface area (Å²) in [5.41, 5.74) is 2.75. The van der Waals surface area contributed by atoms with Crippen molar-refractivity contribution in [1.29, 1.82) is 0 Å². The highest BCUT2D eigenvalue weighted by Crippen LogP contribution is 2.31. The lowest BCUT2D eigenvalue weighted by Crippen LogP contribution is -2.36. The summed E-state index contributed by atoms with van der Waals surface area (Å²) >= 11 is 0. The van der Waals surface area contributed by atoms with Crippen LogP contribution in [-0.2, 0) is 35.9 Å². The second-order valence-electron chi connectivity index (χ2n) is 18.0. The summed E-state index contributed by atoms with van der Waals surface area (Å²) in [6, 6.07) is 53.3. The van der Waals surface area contributed by atoms with E-state index < -0.39 is 37.7 Å². The van der Waals surface area contributed by atoms with E-state index in [1.165, 1.54) is 83.6 Å². The SMILES string of the molecule is C=Cc1ccc(OC(C)(C)C)cc1.C=Cc1ccc(OC(C)OCCC2CCCCC2)cc1.C=Cc1ccc(OS(=O)(=O)CC(F)(F)CS(=O)(=O)O)cc1.c1ccc([S+](c2ccccc2)c2ccccc2)cc1. The molecule has 0 spiro atoms. The molecule has 1 unspecified atom stereocenters. The number of rotatable bonds is 19. The van der Waals surface area contributed by atoms with Gasteiger partial charge in [-0.15, -0.1) is 0 Å². The van der Waals surface area contributed by atoms with Crippen LogP contribution >= 0.6 is 0 Å². The van der Waals surface area contributed by atoms with Crippen molar-refractivity contribution in [1.82, 2.24) is 0 Å². The molecular weight excluding hydrogens is 987 g/mol. The highest BCUT2D eigenvalue weighted by atomic mass is 32.2. The van der Waals surface area contributed by atoms with Gasteiger partial charge in [-0.2, -0.15) is 16.8 Å². The predicted octanol–water partition coefficient (Wildman–Crippen LogP) is 14.9. The molecule has 6 aromatic carbocycles. The molecule has 14 heteroatoms. The highest BCUT2D eigenvalue weighted by Gasteiger charge is 2.41. The number of hydrogen-bond donors (Lipinski definition) is 1. The maximum Gasteiger partial charge on any atom is 0.315 e. The zero-order valence-corrected chi connectivity index (χ0v) is 44.6. The van der Waals surface area contributed by atoms with Gasteiger partial charge in [0.2, 0.25) is 0 Å². The largest absolute Gasteiger partial charge is 0.488 e. The second-order valence-corrected chi connectivity index (χ2v) is 23.0. The van der Waals surface area contributed by atoms with Gasteiger partial charge in [-0.05, 0) is 130 Å². The third kappa shape index (κ3) is 24.0. The minimum absolute atomic E-state index is 0.0146. The first-order valence-corrected chi connectivity index (χ1v) is 28.4. The fourth-order valence-corrected chi connectivity index (χ4v) is 11.2. The van der Waals surface area contributed by atoms with E-state index in [1.54, 1.807) is 0 Å². The average molecular weight is 1060 g/mol. The van der Waals surface area contributed by atoms with Gasteiger partial charge in [-0.1, -0.05) is 161 Å². The number of halogens is 2. The van der Waals surface area contributed by atoms with Gasteiger partial charge < -0.3 is 18.4 Å². The molecule has 0 heterocycles. The van der Waals surface area contributed by atoms with Crippen molar-refractivity contribution >= 4 is 49.4 Å². The van der Waals surface area contributed by atoms with Crippen LogP contribution < -0.4 is 13.7 Å². The summed E-state index contributed by atoms with van der Waals surface area (Å²) in [6.45, 7) is 19.8. The fraction of sp³-hybridized carbons (Fsp3) is 0.288. The molecule has 1 fully saturated rings. The lowest BCUT2D eigenvalue weighted by molar-refractivity contribution is -0.0711. The zero-order valence-electron chi connectivity index (χ0n) is 42.2. The zero-order chi connectivity index (χ0) is 53.3. The molecule has 1 saturated carbocycles. The van der Waals surface area contributed by atoms with Gasteiger partial charge in [0, 0.05) is 0 Å². The molecule has 9 nitrogen and oxygen atoms in total. The topological polar surface area (TPSA) is 125 Å². The van der Waals surface area contributed by atoms with Crippen LogP contribution in [-0.4, -0.2) is 57.3 Å². The first-order valence-electron chi connectivity index (χ1n) is 24.0. The first-order chi connectivity index (χ1) is 34.7. The molecule has 7 rings (SSSR count). The van der Waals surface area contributed by atoms with Crippen LogP contribution in [0.1, 0.15) is 82.9 Å². The van der Waals surface area contributed by atoms with E-state index in [0.717, 1.165) is 35.2 Å². The molecule has 0 saturated heterocycles. The Morgan fingerprint density at radius 1 is 0.603 bits per heavy atom. The van der Waals surface area contributed by atoms with E-state index in [4.69, 9.17) is 18.8 Å². The molecule has 0 amide bonds. The highest BCUT2D eigenvalue weighted by molar-refractivity contribution is 7.97. The van der Waals surface area contributed by atoms with Gasteiger partial charge in [0.05, 0.1) is 17.5 Å². The molecule has 1 atom stereocenters. The molecule has 0 aliphatic heterocycles. The molecular formula is C59H69F2O9S3+. The Morgan fingerprint density at radius 2 is 1.00 bits per heavy atom. The monoisotopic (exact) mass is 1060 g/mol.